The zero-order chi connectivity index (χ0) is 11.4. The molecule has 2 rings (SSSR count). The van der Waals surface area contributed by atoms with E-state index in [1.54, 1.807) is 17.8 Å². The molecule has 0 aliphatic heterocycles. The maximum atomic E-state index is 13.1. The standard InChI is InChI=1S/C13H18FNS/c1-16-13-7-6-11(14)8-10(13)9-15-12-4-2-3-5-12/h6-8,12,15H,2-5,9H2,1H3. The lowest BCUT2D eigenvalue weighted by atomic mass is 10.2. The Kier molecular flexibility index (Phi) is 4.24. The summed E-state index contributed by atoms with van der Waals surface area (Å²) >= 11 is 1.68. The molecule has 1 saturated carbocycles. The Morgan fingerprint density at radius 2 is 2.12 bits per heavy atom. The third-order valence-corrected chi connectivity index (χ3v) is 4.02. The van der Waals surface area contributed by atoms with Crippen molar-refractivity contribution in [1.82, 2.24) is 5.32 Å². The van der Waals surface area contributed by atoms with Crippen molar-refractivity contribution >= 4 is 11.8 Å². The van der Waals surface area contributed by atoms with Crippen LogP contribution in [0.1, 0.15) is 31.2 Å². The summed E-state index contributed by atoms with van der Waals surface area (Å²) in [5, 5.41) is 3.52. The number of nitrogens with one attached hydrogen (secondary N) is 1. The van der Waals surface area contributed by atoms with Crippen molar-refractivity contribution in [3.63, 3.8) is 0 Å². The lowest BCUT2D eigenvalue weighted by molar-refractivity contribution is 0.519. The zero-order valence-electron chi connectivity index (χ0n) is 9.63. The van der Waals surface area contributed by atoms with E-state index in [1.807, 2.05) is 12.3 Å². The molecule has 1 aromatic rings. The molecule has 88 valence electrons. The van der Waals surface area contributed by atoms with Gasteiger partial charge in [0.15, 0.2) is 0 Å². The van der Waals surface area contributed by atoms with Gasteiger partial charge in [-0.05, 0) is 42.9 Å². The first kappa shape index (κ1) is 11.9. The number of hydrogen-bond acceptors (Lipinski definition) is 2. The van der Waals surface area contributed by atoms with E-state index in [0.717, 1.165) is 12.1 Å². The van der Waals surface area contributed by atoms with Crippen LogP contribution < -0.4 is 5.32 Å². The summed E-state index contributed by atoms with van der Waals surface area (Å²) in [6.45, 7) is 0.790. The predicted molar refractivity (Wildman–Crippen MR) is 67.3 cm³/mol. The van der Waals surface area contributed by atoms with Gasteiger partial charge in [-0.25, -0.2) is 4.39 Å². The number of benzene rings is 1. The van der Waals surface area contributed by atoms with E-state index >= 15 is 0 Å². The second-order valence-electron chi connectivity index (χ2n) is 4.32. The summed E-state index contributed by atoms with van der Waals surface area (Å²) in [7, 11) is 0. The number of halogens is 1. The highest BCUT2D eigenvalue weighted by molar-refractivity contribution is 7.98. The van der Waals surface area contributed by atoms with E-state index in [0.29, 0.717) is 6.04 Å². The minimum absolute atomic E-state index is 0.138. The first-order valence-corrected chi connectivity index (χ1v) is 7.08. The highest BCUT2D eigenvalue weighted by atomic mass is 32.2. The van der Waals surface area contributed by atoms with Crippen LogP contribution in [0, 0.1) is 5.82 Å². The van der Waals surface area contributed by atoms with Gasteiger partial charge in [0, 0.05) is 17.5 Å². The van der Waals surface area contributed by atoms with Crippen molar-refractivity contribution in [3.8, 4) is 0 Å². The van der Waals surface area contributed by atoms with Gasteiger partial charge >= 0.3 is 0 Å². The average Bonchev–Trinajstić information content (AvgIpc) is 2.79. The van der Waals surface area contributed by atoms with Crippen molar-refractivity contribution < 1.29 is 4.39 Å². The van der Waals surface area contributed by atoms with Crippen LogP contribution in [0.2, 0.25) is 0 Å². The lowest BCUT2D eigenvalue weighted by Gasteiger charge is -2.13. The quantitative estimate of drug-likeness (QED) is 0.806. The molecule has 1 aromatic carbocycles. The van der Waals surface area contributed by atoms with Crippen LogP contribution in [-0.2, 0) is 6.54 Å². The third kappa shape index (κ3) is 2.98. The molecule has 1 fully saturated rings. The van der Waals surface area contributed by atoms with Crippen molar-refractivity contribution in [3.05, 3.63) is 29.6 Å². The molecule has 0 atom stereocenters. The minimum Gasteiger partial charge on any atom is -0.310 e. The molecular formula is C13H18FNS. The van der Waals surface area contributed by atoms with Crippen molar-refractivity contribution in [2.75, 3.05) is 6.26 Å². The largest absolute Gasteiger partial charge is 0.310 e. The van der Waals surface area contributed by atoms with Gasteiger partial charge in [-0.15, -0.1) is 11.8 Å². The minimum atomic E-state index is -0.138. The van der Waals surface area contributed by atoms with Crippen molar-refractivity contribution in [1.29, 1.82) is 0 Å². The Morgan fingerprint density at radius 1 is 1.38 bits per heavy atom. The zero-order valence-corrected chi connectivity index (χ0v) is 10.4. The second-order valence-corrected chi connectivity index (χ2v) is 5.17. The lowest BCUT2D eigenvalue weighted by Crippen LogP contribution is -2.25. The molecule has 0 saturated heterocycles. The van der Waals surface area contributed by atoms with Crippen LogP contribution in [0.5, 0.6) is 0 Å². The highest BCUT2D eigenvalue weighted by Crippen LogP contribution is 2.23. The summed E-state index contributed by atoms with van der Waals surface area (Å²) < 4.78 is 13.1. The molecule has 0 heterocycles. The molecule has 0 spiro atoms. The number of hydrogen-bond donors (Lipinski definition) is 1. The van der Waals surface area contributed by atoms with Gasteiger partial charge in [0.1, 0.15) is 5.82 Å². The topological polar surface area (TPSA) is 12.0 Å². The van der Waals surface area contributed by atoms with E-state index in [2.05, 4.69) is 5.32 Å². The third-order valence-electron chi connectivity index (χ3n) is 3.18. The number of rotatable bonds is 4. The van der Waals surface area contributed by atoms with Gasteiger partial charge in [0.25, 0.3) is 0 Å². The smallest absolute Gasteiger partial charge is 0.123 e. The van der Waals surface area contributed by atoms with E-state index in [4.69, 9.17) is 0 Å². The van der Waals surface area contributed by atoms with Gasteiger partial charge in [0.05, 0.1) is 0 Å². The second kappa shape index (κ2) is 5.69. The van der Waals surface area contributed by atoms with Gasteiger partial charge in [-0.1, -0.05) is 12.8 Å². The fraction of sp³-hybridized carbons (Fsp3) is 0.538. The molecular weight excluding hydrogens is 221 g/mol. The molecule has 3 heteroatoms. The maximum Gasteiger partial charge on any atom is 0.123 e. The van der Waals surface area contributed by atoms with Crippen LogP contribution in [0.15, 0.2) is 23.1 Å². The predicted octanol–water partition coefficient (Wildman–Crippen LogP) is 3.58. The summed E-state index contributed by atoms with van der Waals surface area (Å²) in [5.41, 5.74) is 1.08. The molecule has 1 N–H and O–H groups in total. The van der Waals surface area contributed by atoms with Gasteiger partial charge in [0.2, 0.25) is 0 Å². The SMILES string of the molecule is CSc1ccc(F)cc1CNC1CCCC1. The fourth-order valence-electron chi connectivity index (χ4n) is 2.27. The Bertz CT molecular complexity index is 348. The van der Waals surface area contributed by atoms with Gasteiger partial charge < -0.3 is 5.32 Å². The first-order chi connectivity index (χ1) is 7.79. The van der Waals surface area contributed by atoms with E-state index < -0.39 is 0 Å². The van der Waals surface area contributed by atoms with Crippen molar-refractivity contribution in [2.45, 2.75) is 43.2 Å². The summed E-state index contributed by atoms with van der Waals surface area (Å²) in [4.78, 5) is 1.17. The Labute approximate surface area is 101 Å². The fourth-order valence-corrected chi connectivity index (χ4v) is 2.87. The molecule has 0 radical (unpaired) electrons. The van der Waals surface area contributed by atoms with E-state index in [-0.39, 0.29) is 5.82 Å². The average molecular weight is 239 g/mol. The molecule has 0 bridgehead atoms. The Hall–Kier alpha value is -0.540. The molecule has 0 amide bonds. The molecule has 1 aliphatic rings. The normalized spacial score (nSPS) is 16.9. The van der Waals surface area contributed by atoms with Gasteiger partial charge in [-0.3, -0.25) is 0 Å². The summed E-state index contributed by atoms with van der Waals surface area (Å²) in [5.74, 6) is -0.138. The Morgan fingerprint density at radius 3 is 2.81 bits per heavy atom. The molecule has 0 unspecified atom stereocenters. The van der Waals surface area contributed by atoms with Crippen molar-refractivity contribution in [2.24, 2.45) is 0 Å². The monoisotopic (exact) mass is 239 g/mol. The van der Waals surface area contributed by atoms with Gasteiger partial charge in [-0.2, -0.15) is 0 Å². The molecule has 1 nitrogen and oxygen atoms in total. The summed E-state index contributed by atoms with van der Waals surface area (Å²) in [6.07, 6.45) is 7.23. The van der Waals surface area contributed by atoms with Crippen LogP contribution in [0.4, 0.5) is 4.39 Å². The van der Waals surface area contributed by atoms with Crippen LogP contribution in [0.25, 0.3) is 0 Å². The maximum absolute atomic E-state index is 13.1. The van der Waals surface area contributed by atoms with Crippen LogP contribution in [-0.4, -0.2) is 12.3 Å². The first-order valence-electron chi connectivity index (χ1n) is 5.85. The molecule has 0 aromatic heterocycles. The summed E-state index contributed by atoms with van der Waals surface area (Å²) in [6, 6.07) is 5.68. The van der Waals surface area contributed by atoms with Crippen LogP contribution >= 0.6 is 11.8 Å². The molecule has 16 heavy (non-hydrogen) atoms. The molecule has 1 aliphatic carbocycles. The highest BCUT2D eigenvalue weighted by Gasteiger charge is 2.14. The van der Waals surface area contributed by atoms with Crippen LogP contribution in [0.3, 0.4) is 0 Å². The Balaban J connectivity index is 1.98. The van der Waals surface area contributed by atoms with E-state index in [1.165, 1.54) is 36.6 Å². The number of thioether (sulfide) groups is 1. The van der Waals surface area contributed by atoms with E-state index in [9.17, 15) is 4.39 Å².